The van der Waals surface area contributed by atoms with Crippen molar-refractivity contribution < 1.29 is 4.79 Å². The molecule has 0 bridgehead atoms. The lowest BCUT2D eigenvalue weighted by atomic mass is 10.2. The lowest BCUT2D eigenvalue weighted by Gasteiger charge is -2.03. The Kier molecular flexibility index (Phi) is 3.98. The fourth-order valence-corrected chi connectivity index (χ4v) is 1.20. The second-order valence-electron chi connectivity index (χ2n) is 2.63. The molecule has 1 rings (SSSR count). The van der Waals surface area contributed by atoms with Crippen LogP contribution >= 0.6 is 23.2 Å². The predicted molar refractivity (Wildman–Crippen MR) is 59.0 cm³/mol. The molecule has 0 aliphatic heterocycles. The van der Waals surface area contributed by atoms with Gasteiger partial charge in [-0.15, -0.1) is 6.58 Å². The van der Waals surface area contributed by atoms with E-state index in [0.717, 1.165) is 0 Å². The Morgan fingerprint density at radius 3 is 2.71 bits per heavy atom. The first kappa shape index (κ1) is 11.1. The summed E-state index contributed by atoms with van der Waals surface area (Å²) >= 11 is 11.5. The molecular formula is C10H9Cl2NO. The summed E-state index contributed by atoms with van der Waals surface area (Å²) in [6, 6.07) is 4.74. The van der Waals surface area contributed by atoms with Gasteiger partial charge >= 0.3 is 0 Å². The molecule has 0 saturated carbocycles. The molecule has 0 radical (unpaired) electrons. The normalized spacial score (nSPS) is 9.57. The van der Waals surface area contributed by atoms with Crippen LogP contribution in [0.2, 0.25) is 10.0 Å². The Labute approximate surface area is 92.5 Å². The first-order chi connectivity index (χ1) is 6.65. The van der Waals surface area contributed by atoms with Crippen molar-refractivity contribution in [1.29, 1.82) is 0 Å². The number of nitrogens with one attached hydrogen (secondary N) is 1. The van der Waals surface area contributed by atoms with Gasteiger partial charge in [0.25, 0.3) is 5.91 Å². The van der Waals surface area contributed by atoms with Gasteiger partial charge in [0, 0.05) is 12.1 Å². The maximum atomic E-state index is 11.4. The van der Waals surface area contributed by atoms with E-state index in [0.29, 0.717) is 22.2 Å². The Morgan fingerprint density at radius 1 is 1.43 bits per heavy atom. The van der Waals surface area contributed by atoms with Gasteiger partial charge in [-0.3, -0.25) is 4.79 Å². The van der Waals surface area contributed by atoms with E-state index in [9.17, 15) is 4.79 Å². The molecule has 1 aromatic rings. The highest BCUT2D eigenvalue weighted by atomic mass is 35.5. The highest BCUT2D eigenvalue weighted by Crippen LogP contribution is 2.22. The third-order valence-electron chi connectivity index (χ3n) is 1.59. The van der Waals surface area contributed by atoms with Gasteiger partial charge in [-0.25, -0.2) is 0 Å². The molecule has 74 valence electrons. The average molecular weight is 230 g/mol. The van der Waals surface area contributed by atoms with E-state index >= 15 is 0 Å². The number of rotatable bonds is 3. The first-order valence-electron chi connectivity index (χ1n) is 3.99. The third kappa shape index (κ3) is 2.76. The van der Waals surface area contributed by atoms with E-state index in [2.05, 4.69) is 11.9 Å². The van der Waals surface area contributed by atoms with Crippen molar-refractivity contribution in [3.63, 3.8) is 0 Å². The minimum absolute atomic E-state index is 0.191. The van der Waals surface area contributed by atoms with Crippen LogP contribution < -0.4 is 5.32 Å². The quantitative estimate of drug-likeness (QED) is 0.794. The van der Waals surface area contributed by atoms with Crippen LogP contribution in [0.1, 0.15) is 10.4 Å². The molecule has 0 saturated heterocycles. The molecule has 0 atom stereocenters. The summed E-state index contributed by atoms with van der Waals surface area (Å²) in [7, 11) is 0. The summed E-state index contributed by atoms with van der Waals surface area (Å²) < 4.78 is 0. The topological polar surface area (TPSA) is 29.1 Å². The van der Waals surface area contributed by atoms with E-state index in [1.165, 1.54) is 6.07 Å². The first-order valence-corrected chi connectivity index (χ1v) is 4.75. The van der Waals surface area contributed by atoms with Crippen LogP contribution in [0.3, 0.4) is 0 Å². The Hall–Kier alpha value is -0.990. The number of carbonyl (C=O) groups is 1. The van der Waals surface area contributed by atoms with Gasteiger partial charge in [0.2, 0.25) is 0 Å². The van der Waals surface area contributed by atoms with Crippen molar-refractivity contribution in [3.05, 3.63) is 46.5 Å². The van der Waals surface area contributed by atoms with Crippen molar-refractivity contribution in [2.24, 2.45) is 0 Å². The summed E-state index contributed by atoms with van der Waals surface area (Å²) in [4.78, 5) is 11.4. The van der Waals surface area contributed by atoms with Gasteiger partial charge in [-0.05, 0) is 18.2 Å². The van der Waals surface area contributed by atoms with Gasteiger partial charge in [0.1, 0.15) is 0 Å². The summed E-state index contributed by atoms with van der Waals surface area (Å²) in [5.41, 5.74) is 0.487. The van der Waals surface area contributed by atoms with Gasteiger partial charge in [-0.2, -0.15) is 0 Å². The molecule has 0 heterocycles. The zero-order chi connectivity index (χ0) is 10.6. The monoisotopic (exact) mass is 229 g/mol. The van der Waals surface area contributed by atoms with Gasteiger partial charge in [-0.1, -0.05) is 29.3 Å². The molecule has 1 N–H and O–H groups in total. The van der Waals surface area contributed by atoms with Crippen LogP contribution in [-0.2, 0) is 0 Å². The van der Waals surface area contributed by atoms with E-state index in [4.69, 9.17) is 23.2 Å². The van der Waals surface area contributed by atoms with Crippen molar-refractivity contribution in [1.82, 2.24) is 5.32 Å². The number of amides is 1. The molecular weight excluding hydrogens is 221 g/mol. The minimum atomic E-state index is -0.191. The summed E-state index contributed by atoms with van der Waals surface area (Å²) in [6.45, 7) is 3.93. The second-order valence-corrected chi connectivity index (χ2v) is 3.44. The standard InChI is InChI=1S/C10H9Cl2NO/c1-2-5-13-10(14)7-3-4-8(11)9(12)6-7/h2-4,6H,1,5H2,(H,13,14). The molecule has 0 aromatic heterocycles. The molecule has 0 aliphatic carbocycles. The fourth-order valence-electron chi connectivity index (χ4n) is 0.904. The van der Waals surface area contributed by atoms with Gasteiger partial charge in [0.05, 0.1) is 10.0 Å². The van der Waals surface area contributed by atoms with Crippen LogP contribution in [-0.4, -0.2) is 12.5 Å². The molecule has 0 unspecified atom stereocenters. The van der Waals surface area contributed by atoms with Gasteiger partial charge < -0.3 is 5.32 Å². The zero-order valence-corrected chi connectivity index (χ0v) is 8.90. The van der Waals surface area contributed by atoms with E-state index in [1.807, 2.05) is 0 Å². The summed E-state index contributed by atoms with van der Waals surface area (Å²) in [6.07, 6.45) is 1.61. The Bertz CT molecular complexity index is 363. The fraction of sp³-hybridized carbons (Fsp3) is 0.100. The average Bonchev–Trinajstić information content (AvgIpc) is 2.18. The molecule has 4 heteroatoms. The van der Waals surface area contributed by atoms with E-state index in [1.54, 1.807) is 18.2 Å². The predicted octanol–water partition coefficient (Wildman–Crippen LogP) is 2.91. The molecule has 2 nitrogen and oxygen atoms in total. The molecule has 14 heavy (non-hydrogen) atoms. The van der Waals surface area contributed by atoms with Crippen LogP contribution in [0, 0.1) is 0 Å². The number of hydrogen-bond donors (Lipinski definition) is 1. The molecule has 0 aliphatic rings. The van der Waals surface area contributed by atoms with E-state index < -0.39 is 0 Å². The molecule has 0 spiro atoms. The SMILES string of the molecule is C=CCNC(=O)c1ccc(Cl)c(Cl)c1. The minimum Gasteiger partial charge on any atom is -0.349 e. The summed E-state index contributed by atoms with van der Waals surface area (Å²) in [5.74, 6) is -0.191. The van der Waals surface area contributed by atoms with Gasteiger partial charge in [0.15, 0.2) is 0 Å². The third-order valence-corrected chi connectivity index (χ3v) is 2.33. The lowest BCUT2D eigenvalue weighted by molar-refractivity contribution is 0.0958. The van der Waals surface area contributed by atoms with Crippen molar-refractivity contribution in [2.75, 3.05) is 6.54 Å². The number of benzene rings is 1. The number of halogens is 2. The van der Waals surface area contributed by atoms with Crippen molar-refractivity contribution in [2.45, 2.75) is 0 Å². The molecule has 0 fully saturated rings. The highest BCUT2D eigenvalue weighted by Gasteiger charge is 2.06. The maximum Gasteiger partial charge on any atom is 0.251 e. The zero-order valence-electron chi connectivity index (χ0n) is 7.39. The van der Waals surface area contributed by atoms with Crippen molar-refractivity contribution >= 4 is 29.1 Å². The Balaban J connectivity index is 2.80. The van der Waals surface area contributed by atoms with Crippen LogP contribution in [0.5, 0.6) is 0 Å². The van der Waals surface area contributed by atoms with Crippen molar-refractivity contribution in [3.8, 4) is 0 Å². The van der Waals surface area contributed by atoms with Crippen LogP contribution in [0.4, 0.5) is 0 Å². The largest absolute Gasteiger partial charge is 0.349 e. The lowest BCUT2D eigenvalue weighted by Crippen LogP contribution is -2.23. The Morgan fingerprint density at radius 2 is 2.14 bits per heavy atom. The highest BCUT2D eigenvalue weighted by molar-refractivity contribution is 6.42. The molecule has 1 amide bonds. The van der Waals surface area contributed by atoms with Crippen LogP contribution in [0.25, 0.3) is 0 Å². The second kappa shape index (κ2) is 5.03. The molecule has 1 aromatic carbocycles. The van der Waals surface area contributed by atoms with Crippen LogP contribution in [0.15, 0.2) is 30.9 Å². The maximum absolute atomic E-state index is 11.4. The smallest absolute Gasteiger partial charge is 0.251 e. The summed E-state index contributed by atoms with van der Waals surface area (Å²) in [5, 5.41) is 3.45. The number of hydrogen-bond acceptors (Lipinski definition) is 1. The van der Waals surface area contributed by atoms with E-state index in [-0.39, 0.29) is 5.91 Å². The number of carbonyl (C=O) groups excluding carboxylic acids is 1.